The maximum absolute atomic E-state index is 12.1. The highest BCUT2D eigenvalue weighted by Gasteiger charge is 2.30. The van der Waals surface area contributed by atoms with Crippen LogP contribution in [0.1, 0.15) is 24.6 Å². The van der Waals surface area contributed by atoms with Crippen LogP contribution in [-0.4, -0.2) is 29.9 Å². The van der Waals surface area contributed by atoms with Crippen LogP contribution in [0.4, 0.5) is 0 Å². The van der Waals surface area contributed by atoms with Crippen molar-refractivity contribution in [2.75, 3.05) is 13.1 Å². The molecule has 0 aliphatic carbocycles. The highest BCUT2D eigenvalue weighted by molar-refractivity contribution is 9.11. The number of hydrogen-bond donors (Lipinski definition) is 1. The van der Waals surface area contributed by atoms with Crippen molar-refractivity contribution < 1.29 is 4.79 Å². The first kappa shape index (κ1) is 13.1. The predicted molar refractivity (Wildman–Crippen MR) is 74.1 cm³/mol. The maximum Gasteiger partial charge on any atom is 0.240 e. The van der Waals surface area contributed by atoms with Crippen molar-refractivity contribution in [1.82, 2.24) is 10.2 Å². The lowest BCUT2D eigenvalue weighted by molar-refractivity contribution is -0.129. The minimum Gasteiger partial charge on any atom is -0.336 e. The molecule has 1 aliphatic heterocycles. The molecule has 1 amide bonds. The van der Waals surface area contributed by atoms with Crippen molar-refractivity contribution in [2.45, 2.75) is 32.4 Å². The summed E-state index contributed by atoms with van der Waals surface area (Å²) < 4.78 is 1.12. The Morgan fingerprint density at radius 1 is 1.59 bits per heavy atom. The molecule has 94 valence electrons. The van der Waals surface area contributed by atoms with Crippen LogP contribution in [0.25, 0.3) is 0 Å². The van der Waals surface area contributed by atoms with Crippen LogP contribution in [0.15, 0.2) is 15.9 Å². The van der Waals surface area contributed by atoms with Gasteiger partial charge < -0.3 is 10.2 Å². The summed E-state index contributed by atoms with van der Waals surface area (Å²) in [4.78, 5) is 15.3. The SMILES string of the molecule is CCCNC1CCN(Cc2ccc(Br)s2)C1=O. The lowest BCUT2D eigenvalue weighted by atomic mass is 10.2. The molecule has 0 spiro atoms. The molecular formula is C12H17BrN2OS. The van der Waals surface area contributed by atoms with Crippen molar-refractivity contribution >= 4 is 33.2 Å². The Kier molecular flexibility index (Phi) is 4.59. The van der Waals surface area contributed by atoms with Crippen LogP contribution in [0.2, 0.25) is 0 Å². The zero-order valence-electron chi connectivity index (χ0n) is 9.91. The summed E-state index contributed by atoms with van der Waals surface area (Å²) >= 11 is 5.14. The van der Waals surface area contributed by atoms with Crippen LogP contribution in [0.3, 0.4) is 0 Å². The number of nitrogens with zero attached hydrogens (tertiary/aromatic N) is 1. The summed E-state index contributed by atoms with van der Waals surface area (Å²) in [7, 11) is 0. The van der Waals surface area contributed by atoms with Gasteiger partial charge in [-0.3, -0.25) is 4.79 Å². The van der Waals surface area contributed by atoms with Gasteiger partial charge in [0.15, 0.2) is 0 Å². The number of hydrogen-bond acceptors (Lipinski definition) is 3. The number of carbonyl (C=O) groups is 1. The Hall–Kier alpha value is -0.390. The summed E-state index contributed by atoms with van der Waals surface area (Å²) in [5.41, 5.74) is 0. The average molecular weight is 317 g/mol. The van der Waals surface area contributed by atoms with Gasteiger partial charge in [0.05, 0.1) is 16.4 Å². The van der Waals surface area contributed by atoms with E-state index in [0.29, 0.717) is 0 Å². The van der Waals surface area contributed by atoms with E-state index in [4.69, 9.17) is 0 Å². The van der Waals surface area contributed by atoms with Gasteiger partial charge in [0, 0.05) is 11.4 Å². The normalized spacial score (nSPS) is 20.2. The third kappa shape index (κ3) is 3.30. The number of amides is 1. The van der Waals surface area contributed by atoms with Crippen LogP contribution < -0.4 is 5.32 Å². The van der Waals surface area contributed by atoms with Gasteiger partial charge in [0.25, 0.3) is 0 Å². The van der Waals surface area contributed by atoms with Gasteiger partial charge in [-0.1, -0.05) is 6.92 Å². The molecule has 2 heterocycles. The molecule has 1 unspecified atom stereocenters. The van der Waals surface area contributed by atoms with Crippen LogP contribution in [0.5, 0.6) is 0 Å². The Morgan fingerprint density at radius 2 is 2.41 bits per heavy atom. The number of thiophene rings is 1. The van der Waals surface area contributed by atoms with Crippen molar-refractivity contribution in [3.05, 3.63) is 20.8 Å². The molecular weight excluding hydrogens is 300 g/mol. The Morgan fingerprint density at radius 3 is 3.06 bits per heavy atom. The quantitative estimate of drug-likeness (QED) is 0.905. The van der Waals surface area contributed by atoms with Gasteiger partial charge in [0.1, 0.15) is 0 Å². The summed E-state index contributed by atoms with van der Waals surface area (Å²) in [6.45, 7) is 4.66. The first-order chi connectivity index (χ1) is 8.20. The fraction of sp³-hybridized carbons (Fsp3) is 0.583. The predicted octanol–water partition coefficient (Wildman–Crippen LogP) is 2.61. The van der Waals surface area contributed by atoms with Gasteiger partial charge in [-0.15, -0.1) is 11.3 Å². The molecule has 0 saturated carbocycles. The van der Waals surface area contributed by atoms with Gasteiger partial charge in [-0.2, -0.15) is 0 Å². The van der Waals surface area contributed by atoms with Crippen LogP contribution >= 0.6 is 27.3 Å². The second-order valence-corrected chi connectivity index (χ2v) is 6.81. The highest BCUT2D eigenvalue weighted by Crippen LogP contribution is 2.24. The number of likely N-dealkylation sites (tertiary alicyclic amines) is 1. The van der Waals surface area contributed by atoms with E-state index < -0.39 is 0 Å². The molecule has 1 fully saturated rings. The van der Waals surface area contributed by atoms with Gasteiger partial charge in [-0.05, 0) is 47.4 Å². The third-order valence-corrected chi connectivity index (χ3v) is 4.52. The van der Waals surface area contributed by atoms with E-state index in [1.54, 1.807) is 11.3 Å². The Bertz CT molecular complexity index is 394. The van der Waals surface area contributed by atoms with E-state index >= 15 is 0 Å². The van der Waals surface area contributed by atoms with Gasteiger partial charge >= 0.3 is 0 Å². The monoisotopic (exact) mass is 316 g/mol. The molecule has 3 nitrogen and oxygen atoms in total. The summed E-state index contributed by atoms with van der Waals surface area (Å²) in [6, 6.07) is 4.15. The Labute approximate surface area is 114 Å². The number of carbonyl (C=O) groups excluding carboxylic acids is 1. The average Bonchev–Trinajstić information content (AvgIpc) is 2.86. The first-order valence-electron chi connectivity index (χ1n) is 5.97. The first-order valence-corrected chi connectivity index (χ1v) is 7.58. The molecule has 1 aliphatic rings. The standard InChI is InChI=1S/C12H17BrN2OS/c1-2-6-14-10-5-7-15(12(10)16)8-9-3-4-11(13)17-9/h3-4,10,14H,2,5-8H2,1H3. The zero-order valence-corrected chi connectivity index (χ0v) is 12.3. The van der Waals surface area contributed by atoms with Crippen molar-refractivity contribution in [2.24, 2.45) is 0 Å². The van der Waals surface area contributed by atoms with E-state index in [2.05, 4.69) is 34.2 Å². The number of halogens is 1. The zero-order chi connectivity index (χ0) is 12.3. The van der Waals surface area contributed by atoms with Crippen molar-refractivity contribution in [3.8, 4) is 0 Å². The molecule has 0 radical (unpaired) electrons. The van der Waals surface area contributed by atoms with Gasteiger partial charge in [0.2, 0.25) is 5.91 Å². The smallest absolute Gasteiger partial charge is 0.240 e. The van der Waals surface area contributed by atoms with E-state index in [-0.39, 0.29) is 11.9 Å². The highest BCUT2D eigenvalue weighted by atomic mass is 79.9. The van der Waals surface area contributed by atoms with Crippen molar-refractivity contribution in [3.63, 3.8) is 0 Å². The largest absolute Gasteiger partial charge is 0.336 e. The molecule has 1 N–H and O–H groups in total. The van der Waals surface area contributed by atoms with E-state index in [1.165, 1.54) is 4.88 Å². The fourth-order valence-electron chi connectivity index (χ4n) is 2.03. The van der Waals surface area contributed by atoms with Crippen LogP contribution in [-0.2, 0) is 11.3 Å². The summed E-state index contributed by atoms with van der Waals surface area (Å²) in [6.07, 6.45) is 2.01. The fourth-order valence-corrected chi connectivity index (χ4v) is 3.53. The number of rotatable bonds is 5. The van der Waals surface area contributed by atoms with E-state index in [0.717, 1.165) is 36.3 Å². The van der Waals surface area contributed by atoms with Crippen molar-refractivity contribution in [1.29, 1.82) is 0 Å². The molecule has 17 heavy (non-hydrogen) atoms. The van der Waals surface area contributed by atoms with E-state index in [1.807, 2.05) is 11.0 Å². The Balaban J connectivity index is 1.89. The molecule has 0 aromatic carbocycles. The number of nitrogens with one attached hydrogen (secondary N) is 1. The van der Waals surface area contributed by atoms with Gasteiger partial charge in [-0.25, -0.2) is 0 Å². The topological polar surface area (TPSA) is 32.3 Å². The minimum absolute atomic E-state index is 0.0401. The molecule has 1 atom stereocenters. The summed E-state index contributed by atoms with van der Waals surface area (Å²) in [5, 5.41) is 3.30. The molecule has 2 rings (SSSR count). The third-order valence-electron chi connectivity index (χ3n) is 2.91. The molecule has 1 aromatic rings. The molecule has 1 saturated heterocycles. The minimum atomic E-state index is 0.0401. The summed E-state index contributed by atoms with van der Waals surface area (Å²) in [5.74, 6) is 0.253. The lowest BCUT2D eigenvalue weighted by Gasteiger charge is -2.16. The second kappa shape index (κ2) is 5.98. The molecule has 0 bridgehead atoms. The van der Waals surface area contributed by atoms with Crippen LogP contribution in [0, 0.1) is 0 Å². The molecule has 1 aromatic heterocycles. The second-order valence-electron chi connectivity index (χ2n) is 4.26. The molecule has 5 heteroatoms. The maximum atomic E-state index is 12.1. The van der Waals surface area contributed by atoms with E-state index in [9.17, 15) is 4.79 Å². The lowest BCUT2D eigenvalue weighted by Crippen LogP contribution is -2.38.